The molecule has 1 amide bonds. The van der Waals surface area contributed by atoms with E-state index in [9.17, 15) is 18.8 Å². The Bertz CT molecular complexity index is 1410. The van der Waals surface area contributed by atoms with E-state index < -0.39 is 17.3 Å². The van der Waals surface area contributed by atoms with Gasteiger partial charge in [-0.05, 0) is 35.9 Å². The summed E-state index contributed by atoms with van der Waals surface area (Å²) in [5.41, 5.74) is 0.702. The Morgan fingerprint density at radius 3 is 2.68 bits per heavy atom. The Hall–Kier alpha value is -3.78. The van der Waals surface area contributed by atoms with Crippen molar-refractivity contribution in [2.45, 2.75) is 13.1 Å². The lowest BCUT2D eigenvalue weighted by Gasteiger charge is -2.11. The van der Waals surface area contributed by atoms with Gasteiger partial charge in [-0.15, -0.1) is 0 Å². The molecule has 0 aliphatic rings. The number of rotatable bonds is 5. The molecule has 4 aromatic rings. The zero-order chi connectivity index (χ0) is 22.0. The molecular weight excluding hydrogens is 423 g/mol. The molecule has 0 radical (unpaired) electrons. The first-order chi connectivity index (χ1) is 14.9. The lowest BCUT2D eigenvalue weighted by Crippen LogP contribution is -2.28. The number of pyridine rings is 1. The highest BCUT2D eigenvalue weighted by atomic mass is 35.5. The average Bonchev–Trinajstić information content (AvgIpc) is 2.74. The Balaban J connectivity index is 1.53. The number of halogens is 2. The van der Waals surface area contributed by atoms with Gasteiger partial charge in [0.15, 0.2) is 0 Å². The first kappa shape index (κ1) is 20.5. The van der Waals surface area contributed by atoms with Gasteiger partial charge in [0.05, 0.1) is 29.5 Å². The molecule has 0 spiro atoms. The molecule has 7 nitrogen and oxygen atoms in total. The van der Waals surface area contributed by atoms with Crippen LogP contribution < -0.4 is 16.4 Å². The van der Waals surface area contributed by atoms with E-state index in [2.05, 4.69) is 10.3 Å². The van der Waals surface area contributed by atoms with Gasteiger partial charge in [-0.2, -0.15) is 0 Å². The summed E-state index contributed by atoms with van der Waals surface area (Å²) >= 11 is 6.16. The molecule has 2 heterocycles. The smallest absolute Gasteiger partial charge is 0.261 e. The van der Waals surface area contributed by atoms with Crippen LogP contribution >= 0.6 is 11.6 Å². The van der Waals surface area contributed by atoms with Crippen LogP contribution in [0.25, 0.3) is 10.9 Å². The van der Waals surface area contributed by atoms with Crippen LogP contribution in [0.15, 0.2) is 76.7 Å². The Morgan fingerprint density at radius 1 is 1.06 bits per heavy atom. The van der Waals surface area contributed by atoms with Crippen molar-refractivity contribution in [2.75, 3.05) is 5.32 Å². The number of carbonyl (C=O) groups is 1. The van der Waals surface area contributed by atoms with Crippen LogP contribution in [0.3, 0.4) is 0 Å². The maximum absolute atomic E-state index is 13.5. The average molecular weight is 439 g/mol. The lowest BCUT2D eigenvalue weighted by molar-refractivity contribution is -0.116. The molecule has 0 fully saturated rings. The van der Waals surface area contributed by atoms with Crippen LogP contribution in [0.4, 0.5) is 10.1 Å². The highest BCUT2D eigenvalue weighted by Crippen LogP contribution is 2.16. The molecule has 0 atom stereocenters. The molecule has 0 aliphatic carbocycles. The van der Waals surface area contributed by atoms with Crippen LogP contribution in [0.1, 0.15) is 5.56 Å². The maximum Gasteiger partial charge on any atom is 0.261 e. The molecule has 0 bridgehead atoms. The maximum atomic E-state index is 13.5. The number of aromatic nitrogens is 3. The molecule has 0 saturated carbocycles. The third kappa shape index (κ3) is 4.54. The van der Waals surface area contributed by atoms with Crippen molar-refractivity contribution in [3.63, 3.8) is 0 Å². The zero-order valence-electron chi connectivity index (χ0n) is 16.1. The first-order valence-electron chi connectivity index (χ1n) is 9.29. The van der Waals surface area contributed by atoms with Gasteiger partial charge in [-0.1, -0.05) is 29.8 Å². The van der Waals surface area contributed by atoms with Gasteiger partial charge >= 0.3 is 0 Å². The minimum atomic E-state index is -0.561. The fourth-order valence-corrected chi connectivity index (χ4v) is 3.33. The minimum absolute atomic E-state index is 0.0867. The Labute approximate surface area is 180 Å². The molecule has 2 aromatic carbocycles. The van der Waals surface area contributed by atoms with Crippen molar-refractivity contribution in [3.05, 3.63) is 104 Å². The summed E-state index contributed by atoms with van der Waals surface area (Å²) in [6.07, 6.45) is 2.74. The normalized spacial score (nSPS) is 10.9. The number of nitrogens with one attached hydrogen (secondary N) is 1. The van der Waals surface area contributed by atoms with Crippen molar-refractivity contribution < 1.29 is 9.18 Å². The van der Waals surface area contributed by atoms with Crippen LogP contribution in [0.2, 0.25) is 5.02 Å². The summed E-state index contributed by atoms with van der Waals surface area (Å²) < 4.78 is 16.0. The van der Waals surface area contributed by atoms with Crippen LogP contribution in [-0.4, -0.2) is 20.0 Å². The minimum Gasteiger partial charge on any atom is -0.323 e. The van der Waals surface area contributed by atoms with Gasteiger partial charge in [-0.3, -0.25) is 19.0 Å². The standard InChI is InChI=1S/C22H16ClFN4O3/c23-18-4-2-1-3-14(18)10-27-11-16(6-8-21(27)30)26-20(29)12-28-13-25-19-7-5-15(24)9-17(19)22(28)31/h1-9,11,13H,10,12H2,(H,26,29). The number of fused-ring (bicyclic) bond motifs is 1. The molecule has 2 aromatic heterocycles. The number of anilines is 1. The predicted octanol–water partition coefficient (Wildman–Crippen LogP) is 3.04. The Kier molecular flexibility index (Phi) is 5.64. The summed E-state index contributed by atoms with van der Waals surface area (Å²) in [6, 6.07) is 13.7. The van der Waals surface area contributed by atoms with E-state index in [0.717, 1.165) is 16.2 Å². The third-order valence-corrected chi connectivity index (χ3v) is 5.03. The largest absolute Gasteiger partial charge is 0.323 e. The van der Waals surface area contributed by atoms with Gasteiger partial charge in [-0.25, -0.2) is 9.37 Å². The number of carbonyl (C=O) groups excluding carboxylic acids is 1. The molecule has 0 saturated heterocycles. The second-order valence-electron chi connectivity index (χ2n) is 6.86. The fourth-order valence-electron chi connectivity index (χ4n) is 3.14. The molecule has 31 heavy (non-hydrogen) atoms. The van der Waals surface area contributed by atoms with E-state index in [1.54, 1.807) is 12.1 Å². The van der Waals surface area contributed by atoms with Crippen LogP contribution in [-0.2, 0) is 17.9 Å². The van der Waals surface area contributed by atoms with Gasteiger partial charge < -0.3 is 9.88 Å². The SMILES string of the molecule is O=C(Cn1cnc2ccc(F)cc2c1=O)Nc1ccc(=O)n(Cc2ccccc2Cl)c1. The molecule has 0 unspecified atom stereocenters. The topological polar surface area (TPSA) is 86.0 Å². The molecule has 0 aliphatic heterocycles. The van der Waals surface area contributed by atoms with Gasteiger partial charge in [0.2, 0.25) is 5.91 Å². The number of benzene rings is 2. The third-order valence-electron chi connectivity index (χ3n) is 4.67. The molecule has 4 rings (SSSR count). The quantitative estimate of drug-likeness (QED) is 0.519. The number of nitrogens with zero attached hydrogens (tertiary/aromatic N) is 3. The lowest BCUT2D eigenvalue weighted by atomic mass is 10.2. The number of hydrogen-bond acceptors (Lipinski definition) is 4. The van der Waals surface area contributed by atoms with Crippen molar-refractivity contribution in [3.8, 4) is 0 Å². The van der Waals surface area contributed by atoms with Crippen LogP contribution in [0, 0.1) is 5.82 Å². The molecular formula is C22H16ClFN4O3. The number of hydrogen-bond donors (Lipinski definition) is 1. The summed E-state index contributed by atoms with van der Waals surface area (Å²) in [5, 5.41) is 3.27. The van der Waals surface area contributed by atoms with E-state index in [4.69, 9.17) is 11.6 Å². The van der Waals surface area contributed by atoms with Gasteiger partial charge in [0.1, 0.15) is 12.4 Å². The zero-order valence-corrected chi connectivity index (χ0v) is 16.8. The van der Waals surface area contributed by atoms with Crippen LogP contribution in [0.5, 0.6) is 0 Å². The van der Waals surface area contributed by atoms with E-state index in [1.807, 2.05) is 12.1 Å². The van der Waals surface area contributed by atoms with E-state index in [1.165, 1.54) is 41.4 Å². The fraction of sp³-hybridized carbons (Fsp3) is 0.0909. The Morgan fingerprint density at radius 2 is 1.87 bits per heavy atom. The van der Waals surface area contributed by atoms with Crippen molar-refractivity contribution in [2.24, 2.45) is 0 Å². The van der Waals surface area contributed by atoms with Gasteiger partial charge in [0, 0.05) is 17.3 Å². The summed E-state index contributed by atoms with van der Waals surface area (Å²) in [4.78, 5) is 41.3. The monoisotopic (exact) mass is 438 g/mol. The summed E-state index contributed by atoms with van der Waals surface area (Å²) in [5.74, 6) is -1.06. The first-order valence-corrected chi connectivity index (χ1v) is 9.67. The second kappa shape index (κ2) is 8.53. The highest BCUT2D eigenvalue weighted by molar-refractivity contribution is 6.31. The van der Waals surface area contributed by atoms with E-state index in [-0.39, 0.29) is 24.0 Å². The molecule has 156 valence electrons. The highest BCUT2D eigenvalue weighted by Gasteiger charge is 2.10. The molecule has 1 N–H and O–H groups in total. The van der Waals surface area contributed by atoms with Gasteiger partial charge in [0.25, 0.3) is 11.1 Å². The van der Waals surface area contributed by atoms with Crippen molar-refractivity contribution in [1.29, 1.82) is 0 Å². The van der Waals surface area contributed by atoms with Crippen molar-refractivity contribution >= 4 is 34.1 Å². The number of amides is 1. The van der Waals surface area contributed by atoms with Crippen molar-refractivity contribution in [1.82, 2.24) is 14.1 Å². The summed E-state index contributed by atoms with van der Waals surface area (Å²) in [6.45, 7) is -0.0796. The summed E-state index contributed by atoms with van der Waals surface area (Å²) in [7, 11) is 0. The predicted molar refractivity (Wildman–Crippen MR) is 116 cm³/mol. The second-order valence-corrected chi connectivity index (χ2v) is 7.27. The molecule has 9 heteroatoms. The van der Waals surface area contributed by atoms with E-state index >= 15 is 0 Å². The van der Waals surface area contributed by atoms with E-state index in [0.29, 0.717) is 16.2 Å².